The summed E-state index contributed by atoms with van der Waals surface area (Å²) in [7, 11) is 0. The number of nitrogen functional groups attached to an aromatic ring is 1. The highest BCUT2D eigenvalue weighted by Crippen LogP contribution is 2.29. The van der Waals surface area contributed by atoms with Gasteiger partial charge in [0.25, 0.3) is 0 Å². The van der Waals surface area contributed by atoms with Crippen LogP contribution in [0.5, 0.6) is 0 Å². The van der Waals surface area contributed by atoms with Crippen LogP contribution in [0.25, 0.3) is 16.9 Å². The molecule has 0 amide bonds. The maximum Gasteiger partial charge on any atom is 0.133 e. The fourth-order valence-corrected chi connectivity index (χ4v) is 2.44. The van der Waals surface area contributed by atoms with E-state index in [0.717, 1.165) is 11.3 Å². The van der Waals surface area contributed by atoms with E-state index in [-0.39, 0.29) is 5.82 Å². The number of benzene rings is 2. The number of aromatic nitrogens is 2. The van der Waals surface area contributed by atoms with Gasteiger partial charge in [0.2, 0.25) is 0 Å². The lowest BCUT2D eigenvalue weighted by molar-refractivity contribution is 0.629. The molecule has 0 unspecified atom stereocenters. The van der Waals surface area contributed by atoms with Crippen LogP contribution in [0, 0.1) is 12.7 Å². The molecule has 21 heavy (non-hydrogen) atoms. The molecule has 1 aromatic heterocycles. The third-order valence-electron chi connectivity index (χ3n) is 3.23. The van der Waals surface area contributed by atoms with Crippen molar-refractivity contribution in [3.63, 3.8) is 0 Å². The molecule has 0 aliphatic heterocycles. The van der Waals surface area contributed by atoms with E-state index in [1.54, 1.807) is 23.0 Å². The Morgan fingerprint density at radius 3 is 2.52 bits per heavy atom. The maximum atomic E-state index is 14.0. The molecule has 0 fully saturated rings. The van der Waals surface area contributed by atoms with Gasteiger partial charge < -0.3 is 5.73 Å². The molecular formula is C16H13BrFN3. The first kappa shape index (κ1) is 13.8. The highest BCUT2D eigenvalue weighted by Gasteiger charge is 2.14. The second kappa shape index (κ2) is 5.33. The molecule has 106 valence electrons. The van der Waals surface area contributed by atoms with Gasteiger partial charge in [0.05, 0.1) is 17.6 Å². The second-order valence-corrected chi connectivity index (χ2v) is 5.75. The van der Waals surface area contributed by atoms with E-state index in [1.807, 2.05) is 31.2 Å². The molecule has 3 rings (SSSR count). The third kappa shape index (κ3) is 2.69. The summed E-state index contributed by atoms with van der Waals surface area (Å²) in [5.74, 6) is -0.356. The van der Waals surface area contributed by atoms with E-state index in [9.17, 15) is 4.39 Å². The Morgan fingerprint density at radius 2 is 1.86 bits per heavy atom. The van der Waals surface area contributed by atoms with Gasteiger partial charge in [0, 0.05) is 10.0 Å². The quantitative estimate of drug-likeness (QED) is 0.751. The number of aryl methyl sites for hydroxylation is 1. The standard InChI is InChI=1S/C16H13BrFN3/c1-10-2-5-12(6-3-10)21-9-15(19)16(20-21)13-7-4-11(17)8-14(13)18/h2-9H,19H2,1H3. The van der Waals surface area contributed by atoms with Gasteiger partial charge in [0.15, 0.2) is 0 Å². The van der Waals surface area contributed by atoms with Crippen LogP contribution in [-0.2, 0) is 0 Å². The summed E-state index contributed by atoms with van der Waals surface area (Å²) in [5, 5.41) is 4.41. The van der Waals surface area contributed by atoms with Crippen molar-refractivity contribution in [1.82, 2.24) is 9.78 Å². The SMILES string of the molecule is Cc1ccc(-n2cc(N)c(-c3ccc(Br)cc3F)n2)cc1. The molecule has 0 saturated carbocycles. The summed E-state index contributed by atoms with van der Waals surface area (Å²) < 4.78 is 16.4. The van der Waals surface area contributed by atoms with Gasteiger partial charge in [-0.05, 0) is 37.3 Å². The molecule has 0 bridgehead atoms. The van der Waals surface area contributed by atoms with Gasteiger partial charge in [0.1, 0.15) is 11.5 Å². The van der Waals surface area contributed by atoms with Crippen molar-refractivity contribution in [2.45, 2.75) is 6.92 Å². The minimum Gasteiger partial charge on any atom is -0.396 e. The molecule has 3 aromatic rings. The van der Waals surface area contributed by atoms with Crippen molar-refractivity contribution in [3.8, 4) is 16.9 Å². The number of nitrogens with two attached hydrogens (primary N) is 1. The number of hydrogen-bond donors (Lipinski definition) is 1. The lowest BCUT2D eigenvalue weighted by Gasteiger charge is -2.02. The van der Waals surface area contributed by atoms with E-state index in [0.29, 0.717) is 21.4 Å². The zero-order chi connectivity index (χ0) is 15.0. The Balaban J connectivity index is 2.07. The van der Waals surface area contributed by atoms with Crippen LogP contribution in [0.1, 0.15) is 5.56 Å². The molecule has 0 aliphatic carbocycles. The van der Waals surface area contributed by atoms with Crippen LogP contribution in [0.3, 0.4) is 0 Å². The Morgan fingerprint density at radius 1 is 1.14 bits per heavy atom. The monoisotopic (exact) mass is 345 g/mol. The van der Waals surface area contributed by atoms with Crippen LogP contribution < -0.4 is 5.73 Å². The first-order valence-corrected chi connectivity index (χ1v) is 7.21. The molecule has 5 heteroatoms. The highest BCUT2D eigenvalue weighted by atomic mass is 79.9. The van der Waals surface area contributed by atoms with Gasteiger partial charge in [-0.1, -0.05) is 33.6 Å². The summed E-state index contributed by atoms with van der Waals surface area (Å²) >= 11 is 3.24. The van der Waals surface area contributed by atoms with Crippen LogP contribution >= 0.6 is 15.9 Å². The summed E-state index contributed by atoms with van der Waals surface area (Å²) in [6, 6.07) is 12.7. The minimum absolute atomic E-state index is 0.356. The van der Waals surface area contributed by atoms with Crippen molar-refractivity contribution >= 4 is 21.6 Å². The van der Waals surface area contributed by atoms with Gasteiger partial charge in [-0.15, -0.1) is 0 Å². The molecule has 0 atom stereocenters. The number of hydrogen-bond acceptors (Lipinski definition) is 2. The largest absolute Gasteiger partial charge is 0.396 e. The molecule has 1 heterocycles. The topological polar surface area (TPSA) is 43.8 Å². The summed E-state index contributed by atoms with van der Waals surface area (Å²) in [4.78, 5) is 0. The Bertz CT molecular complexity index is 794. The maximum absolute atomic E-state index is 14.0. The lowest BCUT2D eigenvalue weighted by atomic mass is 10.1. The number of nitrogens with zero attached hydrogens (tertiary/aromatic N) is 2. The number of anilines is 1. The summed E-state index contributed by atoms with van der Waals surface area (Å²) in [6.45, 7) is 2.02. The van der Waals surface area contributed by atoms with Crippen LogP contribution in [0.15, 0.2) is 53.1 Å². The number of halogens is 2. The van der Waals surface area contributed by atoms with Crippen LogP contribution in [0.2, 0.25) is 0 Å². The second-order valence-electron chi connectivity index (χ2n) is 4.84. The summed E-state index contributed by atoms with van der Waals surface area (Å²) in [6.07, 6.45) is 1.70. The Hall–Kier alpha value is -2.14. The van der Waals surface area contributed by atoms with E-state index in [2.05, 4.69) is 21.0 Å². The van der Waals surface area contributed by atoms with Crippen LogP contribution in [0.4, 0.5) is 10.1 Å². The molecule has 0 spiro atoms. The predicted octanol–water partition coefficient (Wildman–Crippen LogP) is 4.33. The van der Waals surface area contributed by atoms with E-state index in [1.165, 1.54) is 6.07 Å². The van der Waals surface area contributed by atoms with Gasteiger partial charge in [-0.3, -0.25) is 0 Å². The molecular weight excluding hydrogens is 333 g/mol. The molecule has 3 nitrogen and oxygen atoms in total. The number of rotatable bonds is 2. The molecule has 0 radical (unpaired) electrons. The van der Waals surface area contributed by atoms with Crippen molar-refractivity contribution < 1.29 is 4.39 Å². The van der Waals surface area contributed by atoms with Crippen molar-refractivity contribution in [2.75, 3.05) is 5.73 Å². The molecule has 2 N–H and O–H groups in total. The van der Waals surface area contributed by atoms with E-state index >= 15 is 0 Å². The van der Waals surface area contributed by atoms with E-state index < -0.39 is 0 Å². The molecule has 0 saturated heterocycles. The first-order chi connectivity index (χ1) is 10.0. The normalized spacial score (nSPS) is 10.8. The highest BCUT2D eigenvalue weighted by molar-refractivity contribution is 9.10. The summed E-state index contributed by atoms with van der Waals surface area (Å²) in [5.41, 5.74) is 9.31. The first-order valence-electron chi connectivity index (χ1n) is 6.42. The predicted molar refractivity (Wildman–Crippen MR) is 85.8 cm³/mol. The van der Waals surface area contributed by atoms with Crippen molar-refractivity contribution in [1.29, 1.82) is 0 Å². The third-order valence-corrected chi connectivity index (χ3v) is 3.72. The zero-order valence-corrected chi connectivity index (χ0v) is 12.9. The minimum atomic E-state index is -0.356. The van der Waals surface area contributed by atoms with Crippen LogP contribution in [-0.4, -0.2) is 9.78 Å². The Kier molecular flexibility index (Phi) is 3.51. The fraction of sp³-hybridized carbons (Fsp3) is 0.0625. The van der Waals surface area contributed by atoms with E-state index in [4.69, 9.17) is 5.73 Å². The van der Waals surface area contributed by atoms with Crippen molar-refractivity contribution in [3.05, 3.63) is 64.5 Å². The van der Waals surface area contributed by atoms with Crippen molar-refractivity contribution in [2.24, 2.45) is 0 Å². The van der Waals surface area contributed by atoms with Gasteiger partial charge in [-0.2, -0.15) is 5.10 Å². The van der Waals surface area contributed by atoms with Gasteiger partial charge in [-0.25, -0.2) is 9.07 Å². The average Bonchev–Trinajstić information content (AvgIpc) is 2.81. The zero-order valence-electron chi connectivity index (χ0n) is 11.3. The Labute approximate surface area is 130 Å². The molecule has 2 aromatic carbocycles. The smallest absolute Gasteiger partial charge is 0.133 e. The lowest BCUT2D eigenvalue weighted by Crippen LogP contribution is -1.95. The fourth-order valence-electron chi connectivity index (χ4n) is 2.11. The molecule has 0 aliphatic rings. The average molecular weight is 346 g/mol. The van der Waals surface area contributed by atoms with Gasteiger partial charge >= 0.3 is 0 Å².